The van der Waals surface area contributed by atoms with Gasteiger partial charge in [0.1, 0.15) is 6.04 Å². The summed E-state index contributed by atoms with van der Waals surface area (Å²) in [4.78, 5) is 13.4. The molecule has 3 rings (SSSR count). The number of carbonyl (C=O) groups excluding carboxylic acids is 1. The molecule has 0 saturated carbocycles. The van der Waals surface area contributed by atoms with Gasteiger partial charge in [-0.3, -0.25) is 0 Å². The normalized spacial score (nSPS) is 17.0. The number of aromatic nitrogens is 4. The summed E-state index contributed by atoms with van der Waals surface area (Å²) in [7, 11) is 1.37. The summed E-state index contributed by atoms with van der Waals surface area (Å²) in [5.74, 6) is 0.106. The van der Waals surface area contributed by atoms with Crippen LogP contribution in [0, 0.1) is 0 Å². The van der Waals surface area contributed by atoms with Crippen LogP contribution in [0.1, 0.15) is 18.5 Å². The number of hydrogen-bond acceptors (Lipinski definition) is 7. The number of nitrogens with one attached hydrogen (secondary N) is 1. The van der Waals surface area contributed by atoms with Gasteiger partial charge in [-0.25, -0.2) is 4.79 Å². The van der Waals surface area contributed by atoms with Crippen LogP contribution in [0.25, 0.3) is 0 Å². The molecule has 2 heterocycles. The molecule has 1 aliphatic rings. The Labute approximate surface area is 131 Å². The number of carbonyl (C=O) groups is 1. The van der Waals surface area contributed by atoms with E-state index in [0.29, 0.717) is 17.2 Å². The van der Waals surface area contributed by atoms with Gasteiger partial charge in [0.2, 0.25) is 5.95 Å². The molecule has 0 bridgehead atoms. The lowest BCUT2D eigenvalue weighted by Crippen LogP contribution is -2.29. The number of ether oxygens (including phenoxy) is 1. The van der Waals surface area contributed by atoms with Gasteiger partial charge in [-0.05, 0) is 41.3 Å². The summed E-state index contributed by atoms with van der Waals surface area (Å²) >= 11 is 1.66. The highest BCUT2D eigenvalue weighted by Gasteiger charge is 2.34. The zero-order chi connectivity index (χ0) is 15.7. The molecule has 0 spiro atoms. The van der Waals surface area contributed by atoms with Gasteiger partial charge in [0.15, 0.2) is 0 Å². The van der Waals surface area contributed by atoms with Crippen LogP contribution >= 0.6 is 11.8 Å². The van der Waals surface area contributed by atoms with Gasteiger partial charge in [-0.15, -0.1) is 11.8 Å². The third kappa shape index (κ3) is 2.35. The standard InChI is InChI=1S/C14H15N5O2S/c1-8-11(13(20)21-2)12(19-14(15-8)16-17-18-19)9-4-6-10(22-3)7-5-9/h4-7,12H,1-3H3,(H,15,16,18)/t12-/m1/s1. The van der Waals surface area contributed by atoms with Gasteiger partial charge >= 0.3 is 5.97 Å². The van der Waals surface area contributed by atoms with Crippen molar-refractivity contribution in [3.8, 4) is 0 Å². The van der Waals surface area contributed by atoms with Crippen molar-refractivity contribution in [2.24, 2.45) is 0 Å². The highest BCUT2D eigenvalue weighted by Crippen LogP contribution is 2.35. The first-order valence-electron chi connectivity index (χ1n) is 6.63. The molecule has 7 nitrogen and oxygen atoms in total. The second-order valence-electron chi connectivity index (χ2n) is 4.78. The number of fused-ring (bicyclic) bond motifs is 1. The lowest BCUT2D eigenvalue weighted by atomic mass is 9.96. The second kappa shape index (κ2) is 5.80. The molecule has 1 atom stereocenters. The summed E-state index contributed by atoms with van der Waals surface area (Å²) in [5, 5.41) is 14.7. The molecule has 8 heteroatoms. The highest BCUT2D eigenvalue weighted by molar-refractivity contribution is 7.98. The van der Waals surface area contributed by atoms with Crippen LogP contribution in [-0.4, -0.2) is 39.5 Å². The van der Waals surface area contributed by atoms with Gasteiger partial charge in [-0.1, -0.05) is 17.2 Å². The number of esters is 1. The van der Waals surface area contributed by atoms with E-state index in [1.807, 2.05) is 37.4 Å². The minimum Gasteiger partial charge on any atom is -0.466 e. The molecule has 114 valence electrons. The van der Waals surface area contributed by atoms with E-state index in [1.165, 1.54) is 7.11 Å². The van der Waals surface area contributed by atoms with Gasteiger partial charge in [0.05, 0.1) is 12.7 Å². The molecule has 1 N–H and O–H groups in total. The average molecular weight is 317 g/mol. The number of benzene rings is 1. The Kier molecular flexibility index (Phi) is 3.84. The molecule has 1 aromatic carbocycles. The maximum Gasteiger partial charge on any atom is 0.338 e. The first kappa shape index (κ1) is 14.6. The van der Waals surface area contributed by atoms with Crippen molar-refractivity contribution in [2.45, 2.75) is 17.9 Å². The van der Waals surface area contributed by atoms with Crippen molar-refractivity contribution in [3.63, 3.8) is 0 Å². The van der Waals surface area contributed by atoms with Crippen LogP contribution in [0.4, 0.5) is 5.95 Å². The van der Waals surface area contributed by atoms with Gasteiger partial charge in [0, 0.05) is 10.6 Å². The molecule has 2 aromatic rings. The van der Waals surface area contributed by atoms with Gasteiger partial charge in [0.25, 0.3) is 0 Å². The maximum atomic E-state index is 12.2. The number of rotatable bonds is 3. The Morgan fingerprint density at radius 1 is 1.36 bits per heavy atom. The molecule has 0 fully saturated rings. The van der Waals surface area contributed by atoms with Crippen LogP contribution in [0.15, 0.2) is 40.4 Å². The van der Waals surface area contributed by atoms with E-state index in [4.69, 9.17) is 4.74 Å². The fourth-order valence-electron chi connectivity index (χ4n) is 2.48. The van der Waals surface area contributed by atoms with Crippen molar-refractivity contribution < 1.29 is 9.53 Å². The highest BCUT2D eigenvalue weighted by atomic mass is 32.2. The van der Waals surface area contributed by atoms with E-state index in [9.17, 15) is 4.79 Å². The third-order valence-corrected chi connectivity index (χ3v) is 4.29. The third-order valence-electron chi connectivity index (χ3n) is 3.55. The van der Waals surface area contributed by atoms with E-state index in [-0.39, 0.29) is 0 Å². The Hall–Kier alpha value is -2.35. The number of anilines is 1. The Bertz CT molecular complexity index is 738. The Morgan fingerprint density at radius 2 is 2.09 bits per heavy atom. The first-order chi connectivity index (χ1) is 10.7. The van der Waals surface area contributed by atoms with E-state index in [1.54, 1.807) is 16.4 Å². The van der Waals surface area contributed by atoms with Crippen LogP contribution in [-0.2, 0) is 9.53 Å². The van der Waals surface area contributed by atoms with Crippen LogP contribution in [0.3, 0.4) is 0 Å². The van der Waals surface area contributed by atoms with E-state index >= 15 is 0 Å². The van der Waals surface area contributed by atoms with Crippen LogP contribution in [0.5, 0.6) is 0 Å². The SMILES string of the molecule is COC(=O)C1=C(C)Nc2nnnn2[C@@H]1c1ccc(SC)cc1. The molecule has 22 heavy (non-hydrogen) atoms. The largest absolute Gasteiger partial charge is 0.466 e. The minimum atomic E-state index is -0.408. The van der Waals surface area contributed by atoms with E-state index in [0.717, 1.165) is 10.5 Å². The molecule has 0 amide bonds. The number of tetrazole rings is 1. The fourth-order valence-corrected chi connectivity index (χ4v) is 2.89. The van der Waals surface area contributed by atoms with Gasteiger partial charge in [-0.2, -0.15) is 4.68 Å². The van der Waals surface area contributed by atoms with E-state index in [2.05, 4.69) is 20.8 Å². The Balaban J connectivity index is 2.13. The molecule has 0 radical (unpaired) electrons. The summed E-state index contributed by atoms with van der Waals surface area (Å²) in [5.41, 5.74) is 2.11. The van der Waals surface area contributed by atoms with Crippen LogP contribution in [0.2, 0.25) is 0 Å². The van der Waals surface area contributed by atoms with Crippen molar-refractivity contribution in [3.05, 3.63) is 41.1 Å². The van der Waals surface area contributed by atoms with Crippen molar-refractivity contribution in [1.82, 2.24) is 20.2 Å². The molecule has 0 unspecified atom stereocenters. The zero-order valence-corrected chi connectivity index (χ0v) is 13.2. The van der Waals surface area contributed by atoms with Gasteiger partial charge < -0.3 is 10.1 Å². The molecule has 1 aliphatic heterocycles. The van der Waals surface area contributed by atoms with Crippen molar-refractivity contribution in [1.29, 1.82) is 0 Å². The maximum absolute atomic E-state index is 12.2. The predicted octanol–water partition coefficient (Wildman–Crippen LogP) is 1.86. The summed E-state index contributed by atoms with van der Waals surface area (Å²) < 4.78 is 6.52. The smallest absolute Gasteiger partial charge is 0.338 e. The number of methoxy groups -OCH3 is 1. The second-order valence-corrected chi connectivity index (χ2v) is 5.66. The molecule has 0 aliphatic carbocycles. The van der Waals surface area contributed by atoms with E-state index < -0.39 is 12.0 Å². The van der Waals surface area contributed by atoms with Crippen molar-refractivity contribution in [2.75, 3.05) is 18.7 Å². The number of thioether (sulfide) groups is 1. The molecular formula is C14H15N5O2S. The number of hydrogen-bond donors (Lipinski definition) is 1. The molecule has 0 saturated heterocycles. The topological polar surface area (TPSA) is 81.9 Å². The Morgan fingerprint density at radius 3 is 2.73 bits per heavy atom. The lowest BCUT2D eigenvalue weighted by Gasteiger charge is -2.27. The monoisotopic (exact) mass is 317 g/mol. The fraction of sp³-hybridized carbons (Fsp3) is 0.286. The number of nitrogens with zero attached hydrogens (tertiary/aromatic N) is 4. The lowest BCUT2D eigenvalue weighted by molar-refractivity contribution is -0.136. The summed E-state index contributed by atoms with van der Waals surface area (Å²) in [6.07, 6.45) is 2.02. The number of allylic oxidation sites excluding steroid dienone is 1. The molecular weight excluding hydrogens is 302 g/mol. The summed E-state index contributed by atoms with van der Waals surface area (Å²) in [6.45, 7) is 1.81. The molecule has 1 aromatic heterocycles. The quantitative estimate of drug-likeness (QED) is 0.683. The predicted molar refractivity (Wildman–Crippen MR) is 82.5 cm³/mol. The van der Waals surface area contributed by atoms with Crippen LogP contribution < -0.4 is 5.32 Å². The zero-order valence-electron chi connectivity index (χ0n) is 12.4. The summed E-state index contributed by atoms with van der Waals surface area (Å²) in [6, 6.07) is 7.56. The first-order valence-corrected chi connectivity index (χ1v) is 7.86. The van der Waals surface area contributed by atoms with Crippen molar-refractivity contribution >= 4 is 23.7 Å². The average Bonchev–Trinajstić information content (AvgIpc) is 3.00. The minimum absolute atomic E-state index is 0.398.